The predicted molar refractivity (Wildman–Crippen MR) is 79.6 cm³/mol. The summed E-state index contributed by atoms with van der Waals surface area (Å²) < 4.78 is 0. The second-order valence-electron chi connectivity index (χ2n) is 5.35. The van der Waals surface area contributed by atoms with Gasteiger partial charge in [-0.2, -0.15) is 0 Å². The van der Waals surface area contributed by atoms with Crippen molar-refractivity contribution in [1.29, 1.82) is 0 Å². The minimum Gasteiger partial charge on any atom is -0.385 e. The molecule has 0 bridgehead atoms. The van der Waals surface area contributed by atoms with Crippen molar-refractivity contribution in [3.05, 3.63) is 23.8 Å². The molecule has 1 atom stereocenters. The summed E-state index contributed by atoms with van der Waals surface area (Å²) in [5.74, 6) is 2.17. The van der Waals surface area contributed by atoms with Crippen molar-refractivity contribution in [3.63, 3.8) is 0 Å². The Morgan fingerprint density at radius 2 is 2.39 bits per heavy atom. The van der Waals surface area contributed by atoms with Crippen LogP contribution in [-0.2, 0) is 6.42 Å². The van der Waals surface area contributed by atoms with Gasteiger partial charge in [0.15, 0.2) is 0 Å². The summed E-state index contributed by atoms with van der Waals surface area (Å²) >= 11 is 2.01. The van der Waals surface area contributed by atoms with Gasteiger partial charge in [0, 0.05) is 17.1 Å². The molecular weight excluding hydrogens is 240 g/mol. The van der Waals surface area contributed by atoms with Crippen LogP contribution < -0.4 is 10.6 Å². The van der Waals surface area contributed by atoms with Gasteiger partial charge in [0.1, 0.15) is 0 Å². The van der Waals surface area contributed by atoms with Gasteiger partial charge in [0.2, 0.25) is 0 Å². The highest BCUT2D eigenvalue weighted by molar-refractivity contribution is 7.99. The SMILES string of the molecule is c1cc2c(cc1NCCC1CCNC1)CCCS2. The fourth-order valence-corrected chi connectivity index (χ4v) is 3.87. The maximum absolute atomic E-state index is 3.58. The van der Waals surface area contributed by atoms with Gasteiger partial charge >= 0.3 is 0 Å². The van der Waals surface area contributed by atoms with Crippen LogP contribution in [0.3, 0.4) is 0 Å². The number of anilines is 1. The first-order chi connectivity index (χ1) is 8.92. The molecule has 2 nitrogen and oxygen atoms in total. The number of nitrogens with one attached hydrogen (secondary N) is 2. The van der Waals surface area contributed by atoms with Gasteiger partial charge in [-0.1, -0.05) is 0 Å². The van der Waals surface area contributed by atoms with Crippen LogP contribution in [0.1, 0.15) is 24.8 Å². The smallest absolute Gasteiger partial charge is 0.0343 e. The zero-order chi connectivity index (χ0) is 12.2. The van der Waals surface area contributed by atoms with Gasteiger partial charge < -0.3 is 10.6 Å². The van der Waals surface area contributed by atoms with Crippen molar-refractivity contribution < 1.29 is 0 Å². The number of thioether (sulfide) groups is 1. The first-order valence-electron chi connectivity index (χ1n) is 7.12. The largest absolute Gasteiger partial charge is 0.385 e. The van der Waals surface area contributed by atoms with E-state index in [9.17, 15) is 0 Å². The van der Waals surface area contributed by atoms with Crippen molar-refractivity contribution in [2.75, 3.05) is 30.7 Å². The maximum atomic E-state index is 3.58. The van der Waals surface area contributed by atoms with Crippen molar-refractivity contribution in [1.82, 2.24) is 5.32 Å². The number of hydrogen-bond donors (Lipinski definition) is 2. The molecule has 2 N–H and O–H groups in total. The Balaban J connectivity index is 1.52. The number of hydrogen-bond acceptors (Lipinski definition) is 3. The van der Waals surface area contributed by atoms with E-state index >= 15 is 0 Å². The fourth-order valence-electron chi connectivity index (χ4n) is 2.85. The van der Waals surface area contributed by atoms with Crippen LogP contribution in [0.15, 0.2) is 23.1 Å². The molecule has 1 saturated heterocycles. The average molecular weight is 262 g/mol. The summed E-state index contributed by atoms with van der Waals surface area (Å²) in [6, 6.07) is 6.89. The summed E-state index contributed by atoms with van der Waals surface area (Å²) in [6.07, 6.45) is 5.22. The normalized spacial score (nSPS) is 22.8. The minimum atomic E-state index is 0.880. The molecule has 18 heavy (non-hydrogen) atoms. The van der Waals surface area contributed by atoms with Gasteiger partial charge in [-0.25, -0.2) is 0 Å². The van der Waals surface area contributed by atoms with Crippen LogP contribution in [0.5, 0.6) is 0 Å². The zero-order valence-electron chi connectivity index (χ0n) is 10.9. The summed E-state index contributed by atoms with van der Waals surface area (Å²) in [5, 5.41) is 7.02. The Bertz CT molecular complexity index is 399. The van der Waals surface area contributed by atoms with E-state index in [-0.39, 0.29) is 0 Å². The monoisotopic (exact) mass is 262 g/mol. The Morgan fingerprint density at radius 1 is 1.39 bits per heavy atom. The highest BCUT2D eigenvalue weighted by Crippen LogP contribution is 2.31. The number of aryl methyl sites for hydroxylation is 1. The lowest BCUT2D eigenvalue weighted by Crippen LogP contribution is -2.13. The Kier molecular flexibility index (Phi) is 4.11. The Labute approximate surface area is 114 Å². The number of benzene rings is 1. The Hall–Kier alpha value is -0.670. The topological polar surface area (TPSA) is 24.1 Å². The van der Waals surface area contributed by atoms with Gasteiger partial charge in [-0.15, -0.1) is 11.8 Å². The average Bonchev–Trinajstić information content (AvgIpc) is 2.92. The van der Waals surface area contributed by atoms with Crippen molar-refractivity contribution in [2.45, 2.75) is 30.6 Å². The van der Waals surface area contributed by atoms with Gasteiger partial charge in [-0.3, -0.25) is 0 Å². The van der Waals surface area contributed by atoms with Crippen molar-refractivity contribution >= 4 is 17.4 Å². The molecule has 1 fully saturated rings. The molecule has 0 radical (unpaired) electrons. The van der Waals surface area contributed by atoms with Crippen LogP contribution in [-0.4, -0.2) is 25.4 Å². The molecule has 0 amide bonds. The van der Waals surface area contributed by atoms with E-state index in [4.69, 9.17) is 0 Å². The molecule has 0 aromatic heterocycles. The zero-order valence-corrected chi connectivity index (χ0v) is 11.7. The number of rotatable bonds is 4. The molecule has 98 valence electrons. The van der Waals surface area contributed by atoms with E-state index in [0.29, 0.717) is 0 Å². The van der Waals surface area contributed by atoms with Crippen molar-refractivity contribution in [2.24, 2.45) is 5.92 Å². The molecule has 1 unspecified atom stereocenters. The van der Waals surface area contributed by atoms with Crippen LogP contribution in [0.25, 0.3) is 0 Å². The molecule has 3 heteroatoms. The highest BCUT2D eigenvalue weighted by atomic mass is 32.2. The molecule has 2 heterocycles. The van der Waals surface area contributed by atoms with E-state index in [1.54, 1.807) is 5.56 Å². The molecule has 1 aromatic rings. The van der Waals surface area contributed by atoms with Gasteiger partial charge in [-0.05, 0) is 74.2 Å². The van der Waals surface area contributed by atoms with E-state index in [1.165, 1.54) is 55.1 Å². The third-order valence-electron chi connectivity index (χ3n) is 3.95. The van der Waals surface area contributed by atoms with Crippen LogP contribution in [0.4, 0.5) is 5.69 Å². The van der Waals surface area contributed by atoms with E-state index in [0.717, 1.165) is 12.5 Å². The second kappa shape index (κ2) is 5.98. The summed E-state index contributed by atoms with van der Waals surface area (Å²) in [4.78, 5) is 1.49. The third kappa shape index (κ3) is 3.01. The number of fused-ring (bicyclic) bond motifs is 1. The lowest BCUT2D eigenvalue weighted by Gasteiger charge is -2.17. The quantitative estimate of drug-likeness (QED) is 0.872. The highest BCUT2D eigenvalue weighted by Gasteiger charge is 2.14. The van der Waals surface area contributed by atoms with Gasteiger partial charge in [0.05, 0.1) is 0 Å². The third-order valence-corrected chi connectivity index (χ3v) is 5.15. The lowest BCUT2D eigenvalue weighted by atomic mass is 10.0. The van der Waals surface area contributed by atoms with Crippen LogP contribution >= 0.6 is 11.8 Å². The van der Waals surface area contributed by atoms with Crippen molar-refractivity contribution in [3.8, 4) is 0 Å². The molecule has 0 spiro atoms. The first-order valence-corrected chi connectivity index (χ1v) is 8.11. The predicted octanol–water partition coefficient (Wildman–Crippen LogP) is 3.14. The summed E-state index contributed by atoms with van der Waals surface area (Å²) in [6.45, 7) is 3.53. The molecule has 3 rings (SSSR count). The first kappa shape index (κ1) is 12.4. The lowest BCUT2D eigenvalue weighted by molar-refractivity contribution is 0.549. The van der Waals surface area contributed by atoms with Crippen LogP contribution in [0, 0.1) is 5.92 Å². The molecule has 0 aliphatic carbocycles. The summed E-state index contributed by atoms with van der Waals surface area (Å²) in [5.41, 5.74) is 2.85. The van der Waals surface area contributed by atoms with E-state index in [1.807, 2.05) is 11.8 Å². The standard InChI is InChI=1S/C15H22N2S/c1-2-13-10-14(3-4-15(13)18-9-1)17-8-6-12-5-7-16-11-12/h3-4,10,12,16-17H,1-2,5-9,11H2. The minimum absolute atomic E-state index is 0.880. The van der Waals surface area contributed by atoms with Crippen LogP contribution in [0.2, 0.25) is 0 Å². The fraction of sp³-hybridized carbons (Fsp3) is 0.600. The molecule has 2 aliphatic rings. The van der Waals surface area contributed by atoms with Gasteiger partial charge in [0.25, 0.3) is 0 Å². The Morgan fingerprint density at radius 3 is 3.28 bits per heavy atom. The summed E-state index contributed by atoms with van der Waals surface area (Å²) in [7, 11) is 0. The second-order valence-corrected chi connectivity index (χ2v) is 6.49. The molecule has 0 saturated carbocycles. The van der Waals surface area contributed by atoms with E-state index in [2.05, 4.69) is 28.8 Å². The molecule has 2 aliphatic heterocycles. The maximum Gasteiger partial charge on any atom is 0.0343 e. The molecular formula is C15H22N2S. The van der Waals surface area contributed by atoms with E-state index < -0.39 is 0 Å². The molecule has 1 aromatic carbocycles.